The number of allylic oxidation sites excluding steroid dienone is 5. The first-order valence-electron chi connectivity index (χ1n) is 10.4. The SMILES string of the molecule is C=CC1=C(C)C(C)=C(C)OP12=NC(C)(C)CCCCCCCCC2(C)C. The minimum Gasteiger partial charge on any atom is -0.460 e. The van der Waals surface area contributed by atoms with E-state index in [4.69, 9.17) is 9.27 Å². The highest BCUT2D eigenvalue weighted by atomic mass is 31.2. The Hall–Kier alpha value is -0.750. The van der Waals surface area contributed by atoms with Crippen LogP contribution >= 0.6 is 7.28 Å². The average molecular weight is 378 g/mol. The van der Waals surface area contributed by atoms with E-state index in [0.717, 1.165) is 18.6 Å². The van der Waals surface area contributed by atoms with Crippen molar-refractivity contribution in [1.29, 1.82) is 0 Å². The highest BCUT2D eigenvalue weighted by Crippen LogP contribution is 2.74. The lowest BCUT2D eigenvalue weighted by atomic mass is 9.97. The lowest BCUT2D eigenvalue weighted by Gasteiger charge is -2.45. The average Bonchev–Trinajstić information content (AvgIpc) is 2.54. The van der Waals surface area contributed by atoms with Crippen molar-refractivity contribution in [2.75, 3.05) is 0 Å². The predicted octanol–water partition coefficient (Wildman–Crippen LogP) is 8.58. The van der Waals surface area contributed by atoms with Crippen molar-refractivity contribution in [2.45, 2.75) is 111 Å². The van der Waals surface area contributed by atoms with Crippen LogP contribution in [0.2, 0.25) is 0 Å². The fraction of sp³-hybridized carbons (Fsp3) is 0.739. The Balaban J connectivity index is 2.72. The first-order chi connectivity index (χ1) is 12.1. The Bertz CT molecular complexity index is 664. The Morgan fingerprint density at radius 2 is 1.42 bits per heavy atom. The molecule has 0 N–H and O–H groups in total. The van der Waals surface area contributed by atoms with Gasteiger partial charge in [0.15, 0.2) is 7.28 Å². The van der Waals surface area contributed by atoms with Gasteiger partial charge in [0.25, 0.3) is 0 Å². The predicted molar refractivity (Wildman–Crippen MR) is 117 cm³/mol. The van der Waals surface area contributed by atoms with Crippen LogP contribution in [0.5, 0.6) is 0 Å². The van der Waals surface area contributed by atoms with Gasteiger partial charge in [0.05, 0.1) is 5.54 Å². The number of rotatable bonds is 1. The van der Waals surface area contributed by atoms with Gasteiger partial charge in [0.1, 0.15) is 5.76 Å². The van der Waals surface area contributed by atoms with Gasteiger partial charge in [-0.25, -0.2) is 0 Å². The van der Waals surface area contributed by atoms with Crippen molar-refractivity contribution >= 4 is 7.28 Å². The summed E-state index contributed by atoms with van der Waals surface area (Å²) < 4.78 is 12.4. The zero-order valence-electron chi connectivity index (χ0n) is 18.2. The summed E-state index contributed by atoms with van der Waals surface area (Å²) in [6.45, 7) is 20.1. The molecular weight excluding hydrogens is 337 g/mol. The normalized spacial score (nSPS) is 30.1. The molecule has 0 aromatic heterocycles. The second kappa shape index (κ2) is 8.09. The molecule has 0 saturated carbocycles. The molecule has 26 heavy (non-hydrogen) atoms. The van der Waals surface area contributed by atoms with Crippen molar-refractivity contribution in [3.63, 3.8) is 0 Å². The second-order valence-electron chi connectivity index (χ2n) is 9.41. The molecule has 1 atom stereocenters. The third-order valence-corrected chi connectivity index (χ3v) is 10.7. The summed E-state index contributed by atoms with van der Waals surface area (Å²) in [5.41, 5.74) is 2.52. The van der Waals surface area contributed by atoms with Crippen LogP contribution in [0.1, 0.15) is 99.8 Å². The van der Waals surface area contributed by atoms with E-state index in [1.165, 1.54) is 55.0 Å². The first-order valence-corrected chi connectivity index (χ1v) is 12.1. The Labute approximate surface area is 162 Å². The van der Waals surface area contributed by atoms with Crippen LogP contribution in [0.4, 0.5) is 0 Å². The Kier molecular flexibility index (Phi) is 6.71. The lowest BCUT2D eigenvalue weighted by Crippen LogP contribution is -2.28. The van der Waals surface area contributed by atoms with Gasteiger partial charge in [-0.05, 0) is 58.6 Å². The van der Waals surface area contributed by atoms with Crippen molar-refractivity contribution in [3.05, 3.63) is 34.9 Å². The highest BCUT2D eigenvalue weighted by Gasteiger charge is 2.46. The van der Waals surface area contributed by atoms with Crippen LogP contribution < -0.4 is 0 Å². The molecule has 2 rings (SSSR count). The topological polar surface area (TPSA) is 21.6 Å². The minimum atomic E-state index is -2.19. The standard InChI is InChI=1S/C23H40NOP/c1-9-21-19(3)18(2)20(4)25-26(21)23(7,8)17-15-13-11-10-12-14-16-22(5,6)24-26/h9H,1,10-17H2,2-8H3. The van der Waals surface area contributed by atoms with Crippen LogP contribution in [0.3, 0.4) is 0 Å². The van der Waals surface area contributed by atoms with E-state index in [1.807, 2.05) is 6.08 Å². The maximum absolute atomic E-state index is 6.85. The second-order valence-corrected chi connectivity index (χ2v) is 12.6. The van der Waals surface area contributed by atoms with Crippen molar-refractivity contribution in [1.82, 2.24) is 0 Å². The molecule has 3 heteroatoms. The quantitative estimate of drug-likeness (QED) is 0.419. The van der Waals surface area contributed by atoms with E-state index >= 15 is 0 Å². The van der Waals surface area contributed by atoms with Crippen molar-refractivity contribution < 1.29 is 4.52 Å². The number of hydrogen-bond donors (Lipinski definition) is 0. The Morgan fingerprint density at radius 3 is 2.00 bits per heavy atom. The van der Waals surface area contributed by atoms with Crippen molar-refractivity contribution in [3.8, 4) is 0 Å². The van der Waals surface area contributed by atoms with Gasteiger partial charge in [0.2, 0.25) is 0 Å². The third-order valence-electron chi connectivity index (χ3n) is 6.32. The van der Waals surface area contributed by atoms with Crippen LogP contribution in [-0.4, -0.2) is 10.7 Å². The molecule has 2 aliphatic heterocycles. The van der Waals surface area contributed by atoms with Gasteiger partial charge in [-0.1, -0.05) is 65.0 Å². The molecule has 0 fully saturated rings. The first kappa shape index (κ1) is 21.5. The van der Waals surface area contributed by atoms with E-state index < -0.39 is 7.28 Å². The molecule has 0 radical (unpaired) electrons. The van der Waals surface area contributed by atoms with Gasteiger partial charge in [-0.2, -0.15) is 0 Å². The molecule has 0 amide bonds. The zero-order chi connectivity index (χ0) is 19.6. The van der Waals surface area contributed by atoms with E-state index in [1.54, 1.807) is 0 Å². The maximum Gasteiger partial charge on any atom is 0.168 e. The zero-order valence-corrected chi connectivity index (χ0v) is 19.1. The van der Waals surface area contributed by atoms with Gasteiger partial charge in [-0.3, -0.25) is 4.74 Å². The van der Waals surface area contributed by atoms with Crippen LogP contribution in [0.25, 0.3) is 0 Å². The van der Waals surface area contributed by atoms with Gasteiger partial charge in [-0.15, -0.1) is 0 Å². The van der Waals surface area contributed by atoms with Crippen molar-refractivity contribution in [2.24, 2.45) is 4.74 Å². The molecule has 0 bridgehead atoms. The van der Waals surface area contributed by atoms with Gasteiger partial charge in [0, 0.05) is 10.5 Å². The van der Waals surface area contributed by atoms with E-state index in [0.29, 0.717) is 0 Å². The van der Waals surface area contributed by atoms with Gasteiger partial charge < -0.3 is 4.52 Å². The summed E-state index contributed by atoms with van der Waals surface area (Å²) in [6.07, 6.45) is 12.3. The summed E-state index contributed by atoms with van der Waals surface area (Å²) >= 11 is 0. The fourth-order valence-electron chi connectivity index (χ4n) is 4.34. The highest BCUT2D eigenvalue weighted by molar-refractivity contribution is 7.67. The number of nitrogens with zero attached hydrogens (tertiary/aromatic N) is 1. The largest absolute Gasteiger partial charge is 0.460 e. The third kappa shape index (κ3) is 4.22. The van der Waals surface area contributed by atoms with E-state index in [9.17, 15) is 0 Å². The van der Waals surface area contributed by atoms with Crippen LogP contribution in [-0.2, 0) is 4.52 Å². The molecule has 1 spiro atoms. The summed E-state index contributed by atoms with van der Waals surface area (Å²) in [7, 11) is -2.19. The van der Waals surface area contributed by atoms with Crippen LogP contribution in [0, 0.1) is 0 Å². The fourth-order valence-corrected chi connectivity index (χ4v) is 8.48. The molecule has 2 aliphatic rings. The monoisotopic (exact) mass is 377 g/mol. The molecule has 0 aliphatic carbocycles. The summed E-state index contributed by atoms with van der Waals surface area (Å²) in [5.74, 6) is 1.06. The summed E-state index contributed by atoms with van der Waals surface area (Å²) in [5, 5.41) is 1.30. The van der Waals surface area contributed by atoms with Gasteiger partial charge >= 0.3 is 0 Å². The van der Waals surface area contributed by atoms with Crippen LogP contribution in [0.15, 0.2) is 39.6 Å². The molecule has 2 nitrogen and oxygen atoms in total. The summed E-state index contributed by atoms with van der Waals surface area (Å²) in [6, 6.07) is 0. The number of hydrogen-bond acceptors (Lipinski definition) is 2. The lowest BCUT2D eigenvalue weighted by molar-refractivity contribution is 0.390. The molecule has 2 heterocycles. The smallest absolute Gasteiger partial charge is 0.168 e. The molecule has 0 aromatic carbocycles. The molecule has 0 aromatic rings. The molecule has 0 saturated heterocycles. The summed E-state index contributed by atoms with van der Waals surface area (Å²) in [4.78, 5) is 0. The molecule has 1 unspecified atom stereocenters. The van der Waals surface area contributed by atoms with E-state index in [2.05, 4.69) is 55.0 Å². The molecular formula is C23H40NOP. The maximum atomic E-state index is 6.85. The minimum absolute atomic E-state index is 0.0240. The molecule has 148 valence electrons. The Morgan fingerprint density at radius 1 is 0.885 bits per heavy atom. The van der Waals surface area contributed by atoms with E-state index in [-0.39, 0.29) is 10.7 Å².